The predicted octanol–water partition coefficient (Wildman–Crippen LogP) is 9.52. The number of carbonyl (C=O) groups excluding carboxylic acids is 2. The fourth-order valence-corrected chi connectivity index (χ4v) is 4.65. The van der Waals surface area contributed by atoms with Crippen LogP contribution in [0.25, 0.3) is 11.4 Å². The molecule has 0 fully saturated rings. The number of unbranched alkanes of at least 4 members (excludes halogenated alkanes) is 16. The van der Waals surface area contributed by atoms with Gasteiger partial charge in [0.1, 0.15) is 0 Å². The lowest BCUT2D eigenvalue weighted by Gasteiger charge is -2.07. The largest absolute Gasteiger partial charge is 0.462 e. The molecule has 0 spiro atoms. The zero-order chi connectivity index (χ0) is 28.7. The lowest BCUT2D eigenvalue weighted by atomic mass is 10.1. The average Bonchev–Trinajstić information content (AvgIpc) is 2.99. The Morgan fingerprint density at radius 1 is 0.500 bits per heavy atom. The molecule has 2 aromatic heterocycles. The standard InChI is InChI=1S/C34H52N2O4/c1-3-5-7-9-11-13-15-17-19-25-39-33(37)29-21-23-31(35-27-29)32-24-22-30(28-36-32)34(38)40-26-20-18-16-14-12-10-8-6-4-2/h21-24,27-28H,3-20,25-26H2,1-2H3. The third-order valence-corrected chi connectivity index (χ3v) is 7.22. The van der Waals surface area contributed by atoms with Gasteiger partial charge in [0.15, 0.2) is 0 Å². The van der Waals surface area contributed by atoms with Crippen molar-refractivity contribution in [2.24, 2.45) is 0 Å². The molecule has 0 unspecified atom stereocenters. The molecule has 0 aliphatic rings. The van der Waals surface area contributed by atoms with Crippen molar-refractivity contribution in [1.82, 2.24) is 9.97 Å². The summed E-state index contributed by atoms with van der Waals surface area (Å²) in [6, 6.07) is 6.91. The van der Waals surface area contributed by atoms with Crippen molar-refractivity contribution >= 4 is 11.9 Å². The average molecular weight is 553 g/mol. The topological polar surface area (TPSA) is 78.4 Å². The minimum Gasteiger partial charge on any atom is -0.462 e. The first kappa shape index (κ1) is 33.4. The zero-order valence-corrected chi connectivity index (χ0v) is 25.1. The lowest BCUT2D eigenvalue weighted by Crippen LogP contribution is -2.08. The van der Waals surface area contributed by atoms with E-state index < -0.39 is 0 Å². The van der Waals surface area contributed by atoms with Gasteiger partial charge in [-0.2, -0.15) is 0 Å². The Morgan fingerprint density at radius 3 is 1.12 bits per heavy atom. The smallest absolute Gasteiger partial charge is 0.339 e. The third kappa shape index (κ3) is 14.6. The van der Waals surface area contributed by atoms with Crippen LogP contribution in [0, 0.1) is 0 Å². The molecule has 0 atom stereocenters. The Kier molecular flexibility index (Phi) is 18.4. The molecule has 6 heteroatoms. The van der Waals surface area contributed by atoms with E-state index in [1.807, 2.05) is 0 Å². The van der Waals surface area contributed by atoms with Crippen LogP contribution in [0.15, 0.2) is 36.7 Å². The molecule has 222 valence electrons. The fraction of sp³-hybridized carbons (Fsp3) is 0.647. The van der Waals surface area contributed by atoms with Crippen LogP contribution in [0.2, 0.25) is 0 Å². The van der Waals surface area contributed by atoms with Crippen LogP contribution >= 0.6 is 0 Å². The van der Waals surface area contributed by atoms with Gasteiger partial charge < -0.3 is 9.47 Å². The van der Waals surface area contributed by atoms with Gasteiger partial charge in [-0.05, 0) is 37.1 Å². The number of nitrogens with zero attached hydrogens (tertiary/aromatic N) is 2. The summed E-state index contributed by atoms with van der Waals surface area (Å²) in [5.41, 5.74) is 2.11. The second-order valence-corrected chi connectivity index (χ2v) is 10.8. The molecule has 0 aliphatic carbocycles. The maximum Gasteiger partial charge on any atom is 0.339 e. The number of hydrogen-bond acceptors (Lipinski definition) is 6. The van der Waals surface area contributed by atoms with Crippen LogP contribution in [0.1, 0.15) is 150 Å². The number of esters is 2. The van der Waals surface area contributed by atoms with E-state index in [-0.39, 0.29) is 11.9 Å². The number of pyridine rings is 2. The Bertz CT molecular complexity index is 850. The van der Waals surface area contributed by atoms with Crippen LogP contribution in [0.3, 0.4) is 0 Å². The number of aromatic nitrogens is 2. The maximum absolute atomic E-state index is 12.3. The molecular weight excluding hydrogens is 500 g/mol. The highest BCUT2D eigenvalue weighted by atomic mass is 16.5. The summed E-state index contributed by atoms with van der Waals surface area (Å²) in [6.07, 6.45) is 25.1. The Labute approximate surface area is 242 Å². The number of rotatable bonds is 23. The maximum atomic E-state index is 12.3. The van der Waals surface area contributed by atoms with Crippen molar-refractivity contribution in [2.45, 2.75) is 129 Å². The molecule has 0 amide bonds. The first-order valence-electron chi connectivity index (χ1n) is 15.9. The summed E-state index contributed by atoms with van der Waals surface area (Å²) < 4.78 is 10.8. The van der Waals surface area contributed by atoms with Crippen molar-refractivity contribution in [3.8, 4) is 11.4 Å². The molecule has 40 heavy (non-hydrogen) atoms. The van der Waals surface area contributed by atoms with Gasteiger partial charge in [-0.1, -0.05) is 117 Å². The van der Waals surface area contributed by atoms with Crippen LogP contribution in [0.5, 0.6) is 0 Å². The summed E-state index contributed by atoms with van der Waals surface area (Å²) in [5, 5.41) is 0. The Balaban J connectivity index is 1.61. The number of hydrogen-bond donors (Lipinski definition) is 0. The van der Waals surface area contributed by atoms with E-state index in [0.717, 1.165) is 25.7 Å². The number of carbonyl (C=O) groups is 2. The molecule has 0 N–H and O–H groups in total. The molecule has 0 aromatic carbocycles. The minimum atomic E-state index is -0.350. The molecule has 6 nitrogen and oxygen atoms in total. The molecule has 2 aromatic rings. The SMILES string of the molecule is CCCCCCCCCCCOC(=O)c1ccc(-c2ccc(C(=O)OCCCCCCCCCCC)cn2)nc1. The second-order valence-electron chi connectivity index (χ2n) is 10.8. The molecule has 0 bridgehead atoms. The molecule has 2 rings (SSSR count). The minimum absolute atomic E-state index is 0.350. The van der Waals surface area contributed by atoms with Crippen LogP contribution < -0.4 is 0 Å². The quantitative estimate of drug-likeness (QED) is 0.101. The normalized spacial score (nSPS) is 10.9. The monoisotopic (exact) mass is 552 g/mol. The molecule has 0 radical (unpaired) electrons. The Hall–Kier alpha value is -2.76. The van der Waals surface area contributed by atoms with Crippen molar-refractivity contribution in [3.05, 3.63) is 47.8 Å². The summed E-state index contributed by atoms with van der Waals surface area (Å²) in [5.74, 6) is -0.701. The van der Waals surface area contributed by atoms with Gasteiger partial charge in [-0.25, -0.2) is 9.59 Å². The van der Waals surface area contributed by atoms with E-state index in [1.54, 1.807) is 24.3 Å². The van der Waals surface area contributed by atoms with E-state index in [0.29, 0.717) is 35.7 Å². The van der Waals surface area contributed by atoms with Crippen LogP contribution in [-0.4, -0.2) is 35.1 Å². The fourth-order valence-electron chi connectivity index (χ4n) is 4.65. The first-order chi connectivity index (χ1) is 19.7. The summed E-state index contributed by atoms with van der Waals surface area (Å²) in [7, 11) is 0. The highest BCUT2D eigenvalue weighted by molar-refractivity contribution is 5.90. The van der Waals surface area contributed by atoms with Crippen molar-refractivity contribution in [1.29, 1.82) is 0 Å². The van der Waals surface area contributed by atoms with E-state index in [1.165, 1.54) is 102 Å². The van der Waals surface area contributed by atoms with Gasteiger partial charge >= 0.3 is 11.9 Å². The van der Waals surface area contributed by atoms with Gasteiger partial charge in [0, 0.05) is 12.4 Å². The van der Waals surface area contributed by atoms with E-state index >= 15 is 0 Å². The van der Waals surface area contributed by atoms with Gasteiger partial charge in [-0.15, -0.1) is 0 Å². The highest BCUT2D eigenvalue weighted by Gasteiger charge is 2.11. The summed E-state index contributed by atoms with van der Waals surface area (Å²) in [6.45, 7) is 5.35. The predicted molar refractivity (Wildman–Crippen MR) is 162 cm³/mol. The van der Waals surface area contributed by atoms with Crippen molar-refractivity contribution in [2.75, 3.05) is 13.2 Å². The van der Waals surface area contributed by atoms with Crippen molar-refractivity contribution < 1.29 is 19.1 Å². The molecule has 0 saturated heterocycles. The molecule has 0 saturated carbocycles. The Morgan fingerprint density at radius 2 is 0.825 bits per heavy atom. The van der Waals surface area contributed by atoms with E-state index in [2.05, 4.69) is 23.8 Å². The van der Waals surface area contributed by atoms with E-state index in [9.17, 15) is 9.59 Å². The summed E-state index contributed by atoms with van der Waals surface area (Å²) >= 11 is 0. The second kappa shape index (κ2) is 22.0. The molecule has 0 aliphatic heterocycles. The van der Waals surface area contributed by atoms with Gasteiger partial charge in [0.05, 0.1) is 35.7 Å². The molecule has 2 heterocycles. The van der Waals surface area contributed by atoms with Gasteiger partial charge in [0.2, 0.25) is 0 Å². The first-order valence-corrected chi connectivity index (χ1v) is 15.9. The van der Waals surface area contributed by atoms with Crippen LogP contribution in [-0.2, 0) is 9.47 Å². The number of ether oxygens (including phenoxy) is 2. The van der Waals surface area contributed by atoms with Crippen molar-refractivity contribution in [3.63, 3.8) is 0 Å². The highest BCUT2D eigenvalue weighted by Crippen LogP contribution is 2.17. The summed E-state index contributed by atoms with van der Waals surface area (Å²) in [4.78, 5) is 33.4. The van der Waals surface area contributed by atoms with Gasteiger partial charge in [-0.3, -0.25) is 9.97 Å². The zero-order valence-electron chi connectivity index (χ0n) is 25.1. The van der Waals surface area contributed by atoms with Gasteiger partial charge in [0.25, 0.3) is 0 Å². The van der Waals surface area contributed by atoms with Crippen LogP contribution in [0.4, 0.5) is 0 Å². The lowest BCUT2D eigenvalue weighted by molar-refractivity contribution is 0.0488. The van der Waals surface area contributed by atoms with E-state index in [4.69, 9.17) is 9.47 Å². The third-order valence-electron chi connectivity index (χ3n) is 7.22. The molecular formula is C34H52N2O4.